The first kappa shape index (κ1) is 31.1. The Balaban J connectivity index is 1.02. The van der Waals surface area contributed by atoms with Crippen molar-refractivity contribution in [2.24, 2.45) is 12.5 Å². The van der Waals surface area contributed by atoms with E-state index in [1.165, 1.54) is 17.0 Å². The van der Waals surface area contributed by atoms with Gasteiger partial charge in [-0.1, -0.05) is 13.8 Å². The average Bonchev–Trinajstić information content (AvgIpc) is 3.53. The van der Waals surface area contributed by atoms with Crippen molar-refractivity contribution >= 4 is 23.0 Å². The topological polar surface area (TPSA) is 104 Å². The monoisotopic (exact) mass is 650 g/mol. The highest BCUT2D eigenvalue weighted by Gasteiger charge is 2.35. The molecule has 252 valence electrons. The Hall–Kier alpha value is -4.19. The number of aliphatic hydroxyl groups excluding tert-OH is 1. The number of rotatable bonds is 7. The number of nitrogens with one attached hydrogen (secondary N) is 1. The molecular formula is C37H46N8O3. The Morgan fingerprint density at radius 2 is 1.92 bits per heavy atom. The zero-order chi connectivity index (χ0) is 33.2. The number of fused-ring (bicyclic) bond motifs is 3. The van der Waals surface area contributed by atoms with Gasteiger partial charge < -0.3 is 34.1 Å². The molecule has 0 radical (unpaired) electrons. The summed E-state index contributed by atoms with van der Waals surface area (Å²) in [4.78, 5) is 30.0. The normalized spacial score (nSPS) is 20.8. The van der Waals surface area contributed by atoms with Crippen LogP contribution in [0.1, 0.15) is 43.3 Å². The van der Waals surface area contributed by atoms with Crippen LogP contribution in [0.2, 0.25) is 0 Å². The second-order valence-corrected chi connectivity index (χ2v) is 14.8. The first-order valence-electron chi connectivity index (χ1n) is 17.2. The van der Waals surface area contributed by atoms with Crippen LogP contribution in [0.3, 0.4) is 0 Å². The van der Waals surface area contributed by atoms with Crippen molar-refractivity contribution in [2.45, 2.75) is 65.4 Å². The summed E-state index contributed by atoms with van der Waals surface area (Å²) in [6.07, 6.45) is 7.76. The summed E-state index contributed by atoms with van der Waals surface area (Å²) in [6, 6.07) is 11.1. The molecule has 1 aliphatic carbocycles. The van der Waals surface area contributed by atoms with E-state index in [9.17, 15) is 9.90 Å². The van der Waals surface area contributed by atoms with Gasteiger partial charge in [0.2, 0.25) is 0 Å². The van der Waals surface area contributed by atoms with Crippen LogP contribution in [0, 0.1) is 5.41 Å². The van der Waals surface area contributed by atoms with E-state index >= 15 is 0 Å². The molecule has 11 heteroatoms. The maximum absolute atomic E-state index is 13.3. The summed E-state index contributed by atoms with van der Waals surface area (Å²) in [5.74, 6) is 1.40. The molecular weight excluding hydrogens is 604 g/mol. The van der Waals surface area contributed by atoms with E-state index in [-0.39, 0.29) is 12.2 Å². The minimum atomic E-state index is -0.156. The van der Waals surface area contributed by atoms with Crippen molar-refractivity contribution in [2.75, 3.05) is 54.5 Å². The number of aromatic nitrogens is 4. The quantitative estimate of drug-likeness (QED) is 0.308. The van der Waals surface area contributed by atoms with Crippen LogP contribution in [-0.2, 0) is 44.3 Å². The fraction of sp³-hybridized carbons (Fsp3) is 0.486. The van der Waals surface area contributed by atoms with E-state index in [2.05, 4.69) is 57.5 Å². The fourth-order valence-corrected chi connectivity index (χ4v) is 8.22. The predicted molar refractivity (Wildman–Crippen MR) is 188 cm³/mol. The van der Waals surface area contributed by atoms with Crippen LogP contribution < -0.4 is 20.7 Å². The molecule has 0 aromatic carbocycles. The van der Waals surface area contributed by atoms with Gasteiger partial charge in [-0.25, -0.2) is 9.97 Å². The van der Waals surface area contributed by atoms with Crippen molar-refractivity contribution in [1.29, 1.82) is 0 Å². The lowest BCUT2D eigenvalue weighted by molar-refractivity contribution is -0.0691. The number of aliphatic hydroxyl groups is 1. The molecule has 4 aliphatic rings. The molecule has 1 atom stereocenters. The van der Waals surface area contributed by atoms with Gasteiger partial charge in [0.25, 0.3) is 5.56 Å². The fourth-order valence-electron chi connectivity index (χ4n) is 8.22. The molecule has 2 N–H and O–H groups in total. The lowest BCUT2D eigenvalue weighted by Gasteiger charge is -2.46. The van der Waals surface area contributed by atoms with Crippen molar-refractivity contribution in [3.8, 4) is 11.1 Å². The van der Waals surface area contributed by atoms with E-state index in [1.807, 2.05) is 30.6 Å². The second kappa shape index (κ2) is 12.0. The highest BCUT2D eigenvalue weighted by molar-refractivity contribution is 5.75. The van der Waals surface area contributed by atoms with Crippen molar-refractivity contribution in [3.05, 3.63) is 81.8 Å². The molecule has 0 bridgehead atoms. The van der Waals surface area contributed by atoms with Crippen LogP contribution >= 0.6 is 0 Å². The zero-order valence-electron chi connectivity index (χ0n) is 28.4. The highest BCUT2D eigenvalue weighted by Crippen LogP contribution is 2.40. The van der Waals surface area contributed by atoms with E-state index in [4.69, 9.17) is 14.7 Å². The molecule has 1 unspecified atom stereocenters. The number of ether oxygens (including phenoxy) is 1. The Labute approximate surface area is 281 Å². The minimum Gasteiger partial charge on any atom is -0.392 e. The lowest BCUT2D eigenvalue weighted by Crippen LogP contribution is -2.59. The Kier molecular flexibility index (Phi) is 7.81. The van der Waals surface area contributed by atoms with Gasteiger partial charge >= 0.3 is 0 Å². The Morgan fingerprint density at radius 3 is 2.65 bits per heavy atom. The molecule has 11 nitrogen and oxygen atoms in total. The van der Waals surface area contributed by atoms with Gasteiger partial charge in [0, 0.05) is 80.7 Å². The van der Waals surface area contributed by atoms with E-state index in [1.54, 1.807) is 17.8 Å². The minimum absolute atomic E-state index is 0.151. The molecule has 2 saturated heterocycles. The largest absolute Gasteiger partial charge is 0.392 e. The first-order chi connectivity index (χ1) is 23.2. The predicted octanol–water partition coefficient (Wildman–Crippen LogP) is 3.93. The molecule has 4 aromatic rings. The van der Waals surface area contributed by atoms with Crippen LogP contribution in [0.25, 0.3) is 11.1 Å². The molecule has 8 rings (SSSR count). The van der Waals surface area contributed by atoms with Crippen molar-refractivity contribution < 1.29 is 9.84 Å². The van der Waals surface area contributed by atoms with E-state index < -0.39 is 0 Å². The van der Waals surface area contributed by atoms with Gasteiger partial charge in [-0.3, -0.25) is 9.69 Å². The van der Waals surface area contributed by atoms with Gasteiger partial charge in [0.1, 0.15) is 17.3 Å². The zero-order valence-corrected chi connectivity index (χ0v) is 28.4. The van der Waals surface area contributed by atoms with Gasteiger partial charge in [0.05, 0.1) is 44.3 Å². The van der Waals surface area contributed by atoms with Gasteiger partial charge in [0.15, 0.2) is 0 Å². The van der Waals surface area contributed by atoms with Crippen LogP contribution in [0.4, 0.5) is 23.0 Å². The average molecular weight is 651 g/mol. The summed E-state index contributed by atoms with van der Waals surface area (Å²) in [6.45, 7) is 13.9. The molecule has 3 aliphatic heterocycles. The second-order valence-electron chi connectivity index (χ2n) is 14.8. The smallest absolute Gasteiger partial charge is 0.274 e. The molecule has 0 amide bonds. The van der Waals surface area contributed by atoms with Crippen LogP contribution in [-0.4, -0.2) is 80.6 Å². The molecule has 2 fully saturated rings. The lowest BCUT2D eigenvalue weighted by atomic mass is 9.90. The first-order valence-corrected chi connectivity index (χ1v) is 17.2. The number of hydrogen-bond donors (Lipinski definition) is 2. The van der Waals surface area contributed by atoms with Crippen LogP contribution in [0.15, 0.2) is 53.7 Å². The number of piperazine rings is 1. The maximum atomic E-state index is 13.3. The van der Waals surface area contributed by atoms with Gasteiger partial charge in [-0.2, -0.15) is 0 Å². The number of nitrogens with zero attached hydrogens (tertiary/aromatic N) is 7. The molecule has 7 heterocycles. The SMILES string of the molecule is CC1CN(C2COC2)CCN1c1ccc(Nc2cc(-c3ccnc(N4CCn5c(cc6c5CC(C)(C)C6)C4)c3CO)cn(C)c2=O)nc1. The molecule has 0 spiro atoms. The maximum Gasteiger partial charge on any atom is 0.274 e. The van der Waals surface area contributed by atoms with E-state index in [0.29, 0.717) is 29.0 Å². The third-order valence-corrected chi connectivity index (χ3v) is 10.8. The number of hydrogen-bond acceptors (Lipinski definition) is 9. The highest BCUT2D eigenvalue weighted by atomic mass is 16.5. The summed E-state index contributed by atoms with van der Waals surface area (Å²) in [5, 5.41) is 14.0. The number of pyridine rings is 3. The van der Waals surface area contributed by atoms with Gasteiger partial charge in [-0.05, 0) is 66.6 Å². The molecule has 4 aromatic heterocycles. The van der Waals surface area contributed by atoms with Crippen LogP contribution in [0.5, 0.6) is 0 Å². The third kappa shape index (κ3) is 5.57. The van der Waals surface area contributed by atoms with Crippen molar-refractivity contribution in [3.63, 3.8) is 0 Å². The summed E-state index contributed by atoms with van der Waals surface area (Å²) in [7, 11) is 1.75. The molecule has 48 heavy (non-hydrogen) atoms. The van der Waals surface area contributed by atoms with Gasteiger partial charge in [-0.15, -0.1) is 0 Å². The summed E-state index contributed by atoms with van der Waals surface area (Å²) in [5.41, 5.74) is 8.40. The Morgan fingerprint density at radius 1 is 1.06 bits per heavy atom. The summed E-state index contributed by atoms with van der Waals surface area (Å²) >= 11 is 0. The standard InChI is InChI=1S/C37H46N8O3/c1-24-18-42(29-22-48-23-29)9-11-44(24)27-5-6-34(39-17-27)40-32-14-26(19-41(4)36(32)47)30-7-8-38-35(31(30)21-46)43-10-12-45-28(20-43)13-25-15-37(2,3)16-33(25)45/h5-8,13-14,17,19,24,29,46H,9-12,15-16,18,20-23H2,1-4H3,(H,39,40). The van der Waals surface area contributed by atoms with Crippen molar-refractivity contribution in [1.82, 2.24) is 24.0 Å². The summed E-state index contributed by atoms with van der Waals surface area (Å²) < 4.78 is 9.48. The number of aryl methyl sites for hydroxylation is 1. The Bertz CT molecular complexity index is 1890. The third-order valence-electron chi connectivity index (χ3n) is 10.8. The molecule has 0 saturated carbocycles. The van der Waals surface area contributed by atoms with E-state index in [0.717, 1.165) is 93.5 Å². The number of anilines is 4.